The topological polar surface area (TPSA) is 53.3 Å². The van der Waals surface area contributed by atoms with Crippen molar-refractivity contribution in [2.24, 2.45) is 0 Å². The van der Waals surface area contributed by atoms with Gasteiger partial charge in [0.15, 0.2) is 0 Å². The van der Waals surface area contributed by atoms with Crippen LogP contribution in [0.4, 0.5) is 0 Å². The van der Waals surface area contributed by atoms with Crippen molar-refractivity contribution >= 4 is 5.91 Å². The van der Waals surface area contributed by atoms with Crippen LogP contribution in [0.5, 0.6) is 5.75 Å². The number of ether oxygens (including phenoxy) is 1. The molecule has 1 aromatic carbocycles. The predicted molar refractivity (Wildman–Crippen MR) is 71.8 cm³/mol. The molecule has 100 valence electrons. The number of fused-ring (bicyclic) bond motifs is 1. The number of nitrogens with zero attached hydrogens (tertiary/aromatic N) is 2. The van der Waals surface area contributed by atoms with E-state index in [0.29, 0.717) is 19.4 Å². The molecule has 0 N–H and O–H groups in total. The third kappa shape index (κ3) is 3.47. The van der Waals surface area contributed by atoms with Gasteiger partial charge in [-0.05, 0) is 23.6 Å². The van der Waals surface area contributed by atoms with Gasteiger partial charge in [0.1, 0.15) is 5.75 Å². The Morgan fingerprint density at radius 3 is 3.16 bits per heavy atom. The Kier molecular flexibility index (Phi) is 4.40. The molecule has 0 fully saturated rings. The molecule has 19 heavy (non-hydrogen) atoms. The standard InChI is InChI=1S/C15H18N2O2/c1-17(15(18)3-2-8-16)9-6-12-4-5-14-13(11-12)7-10-19-14/h4-5,11H,2-3,6-7,9-10H2,1H3. The summed E-state index contributed by atoms with van der Waals surface area (Å²) in [5.41, 5.74) is 2.49. The van der Waals surface area contributed by atoms with Crippen LogP contribution >= 0.6 is 0 Å². The molecule has 0 unspecified atom stereocenters. The number of hydrogen-bond donors (Lipinski definition) is 0. The normalized spacial score (nSPS) is 12.4. The van der Waals surface area contributed by atoms with Gasteiger partial charge in [0.25, 0.3) is 0 Å². The molecule has 0 aromatic heterocycles. The maximum absolute atomic E-state index is 11.7. The average molecular weight is 258 g/mol. The van der Waals surface area contributed by atoms with E-state index < -0.39 is 0 Å². The molecule has 0 atom stereocenters. The Morgan fingerprint density at radius 2 is 2.37 bits per heavy atom. The van der Waals surface area contributed by atoms with Crippen molar-refractivity contribution in [3.05, 3.63) is 29.3 Å². The zero-order valence-electron chi connectivity index (χ0n) is 11.2. The van der Waals surface area contributed by atoms with E-state index in [1.165, 1.54) is 11.1 Å². The Labute approximate surface area is 113 Å². The van der Waals surface area contributed by atoms with Gasteiger partial charge in [-0.25, -0.2) is 0 Å². The van der Waals surface area contributed by atoms with Gasteiger partial charge in [0, 0.05) is 32.9 Å². The van der Waals surface area contributed by atoms with Gasteiger partial charge in [-0.1, -0.05) is 12.1 Å². The highest BCUT2D eigenvalue weighted by Crippen LogP contribution is 2.25. The molecule has 1 aliphatic heterocycles. The third-order valence-electron chi connectivity index (χ3n) is 3.37. The van der Waals surface area contributed by atoms with Crippen LogP contribution in [-0.2, 0) is 17.6 Å². The van der Waals surface area contributed by atoms with E-state index in [2.05, 4.69) is 12.1 Å². The maximum atomic E-state index is 11.7. The fourth-order valence-electron chi connectivity index (χ4n) is 2.17. The summed E-state index contributed by atoms with van der Waals surface area (Å²) in [5.74, 6) is 1.02. The summed E-state index contributed by atoms with van der Waals surface area (Å²) in [6, 6.07) is 8.22. The van der Waals surface area contributed by atoms with Crippen LogP contribution in [0.3, 0.4) is 0 Å². The number of carbonyl (C=O) groups excluding carboxylic acids is 1. The molecule has 2 rings (SSSR count). The zero-order chi connectivity index (χ0) is 13.7. The van der Waals surface area contributed by atoms with Crippen molar-refractivity contribution in [1.82, 2.24) is 4.90 Å². The van der Waals surface area contributed by atoms with E-state index in [-0.39, 0.29) is 5.91 Å². The quantitative estimate of drug-likeness (QED) is 0.811. The molecular formula is C15H18N2O2. The average Bonchev–Trinajstić information content (AvgIpc) is 2.89. The Balaban J connectivity index is 1.85. The first-order valence-electron chi connectivity index (χ1n) is 6.56. The lowest BCUT2D eigenvalue weighted by Gasteiger charge is -2.16. The highest BCUT2D eigenvalue weighted by Gasteiger charge is 2.13. The lowest BCUT2D eigenvalue weighted by atomic mass is 10.1. The first-order valence-corrected chi connectivity index (χ1v) is 6.56. The van der Waals surface area contributed by atoms with Gasteiger partial charge in [-0.2, -0.15) is 5.26 Å². The summed E-state index contributed by atoms with van der Waals surface area (Å²) in [4.78, 5) is 13.4. The molecular weight excluding hydrogens is 240 g/mol. The summed E-state index contributed by atoms with van der Waals surface area (Å²) >= 11 is 0. The summed E-state index contributed by atoms with van der Waals surface area (Å²) in [7, 11) is 1.79. The van der Waals surface area contributed by atoms with Crippen molar-refractivity contribution in [3.63, 3.8) is 0 Å². The minimum atomic E-state index is 0.0334. The monoisotopic (exact) mass is 258 g/mol. The summed E-state index contributed by atoms with van der Waals surface area (Å²) < 4.78 is 5.47. The summed E-state index contributed by atoms with van der Waals surface area (Å²) in [5, 5.41) is 8.46. The summed E-state index contributed by atoms with van der Waals surface area (Å²) in [6.07, 6.45) is 2.41. The van der Waals surface area contributed by atoms with Crippen molar-refractivity contribution in [2.45, 2.75) is 25.7 Å². The molecule has 1 heterocycles. The predicted octanol–water partition coefficient (Wildman–Crippen LogP) is 1.93. The summed E-state index contributed by atoms with van der Waals surface area (Å²) in [6.45, 7) is 1.45. The lowest BCUT2D eigenvalue weighted by molar-refractivity contribution is -0.129. The zero-order valence-corrected chi connectivity index (χ0v) is 11.2. The molecule has 0 radical (unpaired) electrons. The second-order valence-corrected chi connectivity index (χ2v) is 4.76. The number of amides is 1. The van der Waals surface area contributed by atoms with Gasteiger partial charge in [-0.15, -0.1) is 0 Å². The Morgan fingerprint density at radius 1 is 1.53 bits per heavy atom. The van der Waals surface area contributed by atoms with E-state index in [1.54, 1.807) is 11.9 Å². The molecule has 0 aliphatic carbocycles. The number of likely N-dealkylation sites (N-methyl/N-ethyl adjacent to an activating group) is 1. The van der Waals surface area contributed by atoms with Crippen LogP contribution in [0.25, 0.3) is 0 Å². The molecule has 1 amide bonds. The smallest absolute Gasteiger partial charge is 0.223 e. The molecule has 4 nitrogen and oxygen atoms in total. The van der Waals surface area contributed by atoms with Crippen LogP contribution in [0.15, 0.2) is 18.2 Å². The largest absolute Gasteiger partial charge is 0.493 e. The minimum Gasteiger partial charge on any atom is -0.493 e. The van der Waals surface area contributed by atoms with E-state index >= 15 is 0 Å². The van der Waals surface area contributed by atoms with Crippen molar-refractivity contribution in [1.29, 1.82) is 5.26 Å². The van der Waals surface area contributed by atoms with E-state index in [1.807, 2.05) is 12.1 Å². The Bertz CT molecular complexity index is 505. The lowest BCUT2D eigenvalue weighted by Crippen LogP contribution is -2.28. The van der Waals surface area contributed by atoms with Gasteiger partial charge in [-0.3, -0.25) is 4.79 Å². The Hall–Kier alpha value is -2.02. The van der Waals surface area contributed by atoms with Gasteiger partial charge in [0.05, 0.1) is 12.7 Å². The van der Waals surface area contributed by atoms with Crippen LogP contribution < -0.4 is 4.74 Å². The van der Waals surface area contributed by atoms with Crippen LogP contribution in [-0.4, -0.2) is 31.0 Å². The van der Waals surface area contributed by atoms with Gasteiger partial charge >= 0.3 is 0 Å². The van der Waals surface area contributed by atoms with Crippen molar-refractivity contribution < 1.29 is 9.53 Å². The number of hydrogen-bond acceptors (Lipinski definition) is 3. The molecule has 1 aliphatic rings. The van der Waals surface area contributed by atoms with E-state index in [4.69, 9.17) is 10.00 Å². The molecule has 0 saturated heterocycles. The van der Waals surface area contributed by atoms with Gasteiger partial charge < -0.3 is 9.64 Å². The first kappa shape index (κ1) is 13.4. The van der Waals surface area contributed by atoms with Crippen molar-refractivity contribution in [3.8, 4) is 11.8 Å². The number of carbonyl (C=O) groups is 1. The molecule has 0 spiro atoms. The van der Waals surface area contributed by atoms with E-state index in [0.717, 1.165) is 25.2 Å². The van der Waals surface area contributed by atoms with Crippen LogP contribution in [0.2, 0.25) is 0 Å². The van der Waals surface area contributed by atoms with E-state index in [9.17, 15) is 4.79 Å². The highest BCUT2D eigenvalue weighted by molar-refractivity contribution is 5.76. The SMILES string of the molecule is CN(CCc1ccc2c(c1)CCO2)C(=O)CCC#N. The fourth-order valence-corrected chi connectivity index (χ4v) is 2.17. The fraction of sp³-hybridized carbons (Fsp3) is 0.467. The third-order valence-corrected chi connectivity index (χ3v) is 3.37. The second kappa shape index (κ2) is 6.24. The van der Waals surface area contributed by atoms with Crippen LogP contribution in [0.1, 0.15) is 24.0 Å². The highest BCUT2D eigenvalue weighted by atomic mass is 16.5. The van der Waals surface area contributed by atoms with Gasteiger partial charge in [0.2, 0.25) is 5.91 Å². The van der Waals surface area contributed by atoms with Crippen molar-refractivity contribution in [2.75, 3.05) is 20.2 Å². The second-order valence-electron chi connectivity index (χ2n) is 4.76. The number of rotatable bonds is 5. The van der Waals surface area contributed by atoms with Crippen LogP contribution in [0, 0.1) is 11.3 Å². The molecule has 4 heteroatoms. The first-order chi connectivity index (χ1) is 9.20. The molecule has 0 saturated carbocycles. The number of nitriles is 1. The minimum absolute atomic E-state index is 0.0334. The molecule has 0 bridgehead atoms. The molecule has 1 aromatic rings. The number of benzene rings is 1. The maximum Gasteiger partial charge on any atom is 0.223 e.